The fourth-order valence-corrected chi connectivity index (χ4v) is 2.06. The highest BCUT2D eigenvalue weighted by Crippen LogP contribution is 2.30. The second-order valence-electron chi connectivity index (χ2n) is 6.58. The minimum Gasteiger partial charge on any atom is -0.490 e. The molecule has 0 spiro atoms. The van der Waals surface area contributed by atoms with E-state index in [-0.39, 0.29) is 22.8 Å². The van der Waals surface area contributed by atoms with E-state index in [0.717, 1.165) is 5.56 Å². The Morgan fingerprint density at radius 3 is 2.43 bits per heavy atom. The maximum absolute atomic E-state index is 12.4. The van der Waals surface area contributed by atoms with Crippen molar-refractivity contribution in [2.45, 2.75) is 47.3 Å². The van der Waals surface area contributed by atoms with Crippen LogP contribution in [0.25, 0.3) is 0 Å². The lowest BCUT2D eigenvalue weighted by molar-refractivity contribution is -0.132. The van der Waals surface area contributed by atoms with Gasteiger partial charge in [-0.25, -0.2) is 0 Å². The predicted octanol–water partition coefficient (Wildman–Crippen LogP) is 4.08. The highest BCUT2D eigenvalue weighted by molar-refractivity contribution is 5.76. The zero-order valence-electron chi connectivity index (χ0n) is 14.4. The molecular formula is C17H25F2NO3. The van der Waals surface area contributed by atoms with Crippen LogP contribution >= 0.6 is 0 Å². The molecule has 0 N–H and O–H groups in total. The number of nitrogens with zero attached hydrogens (tertiary/aromatic N) is 1. The van der Waals surface area contributed by atoms with Crippen LogP contribution in [0, 0.1) is 5.41 Å². The van der Waals surface area contributed by atoms with Crippen molar-refractivity contribution in [3.8, 4) is 11.5 Å². The predicted molar refractivity (Wildman–Crippen MR) is 84.8 cm³/mol. The number of amides is 1. The van der Waals surface area contributed by atoms with E-state index in [1.54, 1.807) is 31.0 Å². The van der Waals surface area contributed by atoms with E-state index < -0.39 is 6.61 Å². The summed E-state index contributed by atoms with van der Waals surface area (Å²) in [5.74, 6) is 0.277. The Balaban J connectivity index is 2.84. The van der Waals surface area contributed by atoms with Gasteiger partial charge < -0.3 is 14.4 Å². The average molecular weight is 329 g/mol. The maximum Gasteiger partial charge on any atom is 0.387 e. The molecule has 0 atom stereocenters. The van der Waals surface area contributed by atoms with E-state index in [2.05, 4.69) is 4.74 Å². The highest BCUT2D eigenvalue weighted by Gasteiger charge is 2.19. The lowest BCUT2D eigenvalue weighted by Gasteiger charge is -2.23. The number of carbonyl (C=O) groups excluding carboxylic acids is 1. The lowest BCUT2D eigenvalue weighted by atomic mass is 9.91. The number of ether oxygens (including phenoxy) is 2. The van der Waals surface area contributed by atoms with Crippen LogP contribution in [0.3, 0.4) is 0 Å². The number of benzene rings is 1. The van der Waals surface area contributed by atoms with Gasteiger partial charge in [0.25, 0.3) is 0 Å². The van der Waals surface area contributed by atoms with Gasteiger partial charge in [0, 0.05) is 20.0 Å². The third-order valence-electron chi connectivity index (χ3n) is 3.05. The lowest BCUT2D eigenvalue weighted by Crippen LogP contribution is -2.29. The first kappa shape index (κ1) is 19.2. The Labute approximate surface area is 136 Å². The van der Waals surface area contributed by atoms with Crippen LogP contribution in [-0.2, 0) is 11.3 Å². The standard InChI is InChI=1S/C17H25F2NO3/c1-6-22-14-9-12(7-8-13(14)23-16(18)19)11-20(5)15(21)10-17(2,3)4/h7-9,16H,6,10-11H2,1-5H3. The molecule has 0 aliphatic rings. The molecule has 1 amide bonds. The minimum absolute atomic E-state index is 0.00530. The van der Waals surface area contributed by atoms with Gasteiger partial charge >= 0.3 is 6.61 Å². The van der Waals surface area contributed by atoms with Gasteiger partial charge in [-0.05, 0) is 30.0 Å². The first-order valence-electron chi connectivity index (χ1n) is 7.57. The number of carbonyl (C=O) groups is 1. The van der Waals surface area contributed by atoms with Crippen molar-refractivity contribution in [1.29, 1.82) is 0 Å². The van der Waals surface area contributed by atoms with Gasteiger partial charge in [0.1, 0.15) is 0 Å². The molecule has 1 rings (SSSR count). The van der Waals surface area contributed by atoms with Gasteiger partial charge in [0.05, 0.1) is 6.61 Å². The third-order valence-corrected chi connectivity index (χ3v) is 3.05. The Hall–Kier alpha value is -1.85. The van der Waals surface area contributed by atoms with Gasteiger partial charge in [0.15, 0.2) is 11.5 Å². The molecule has 0 fully saturated rings. The summed E-state index contributed by atoms with van der Waals surface area (Å²) < 4.78 is 34.5. The van der Waals surface area contributed by atoms with Crippen molar-refractivity contribution in [3.63, 3.8) is 0 Å². The van der Waals surface area contributed by atoms with Gasteiger partial charge in [-0.2, -0.15) is 8.78 Å². The first-order chi connectivity index (χ1) is 10.6. The Morgan fingerprint density at radius 1 is 1.26 bits per heavy atom. The largest absolute Gasteiger partial charge is 0.490 e. The molecule has 0 aromatic heterocycles. The number of hydrogen-bond donors (Lipinski definition) is 0. The molecule has 0 unspecified atom stereocenters. The topological polar surface area (TPSA) is 38.8 Å². The molecule has 1 aromatic carbocycles. The summed E-state index contributed by atoms with van der Waals surface area (Å²) in [6, 6.07) is 4.72. The molecule has 0 saturated carbocycles. The Morgan fingerprint density at radius 2 is 1.91 bits per heavy atom. The van der Waals surface area contributed by atoms with Gasteiger partial charge in [0.2, 0.25) is 5.91 Å². The van der Waals surface area contributed by atoms with Crippen LogP contribution in [0.2, 0.25) is 0 Å². The highest BCUT2D eigenvalue weighted by atomic mass is 19.3. The average Bonchev–Trinajstić information content (AvgIpc) is 2.39. The van der Waals surface area contributed by atoms with Crippen LogP contribution < -0.4 is 9.47 Å². The fraction of sp³-hybridized carbons (Fsp3) is 0.588. The minimum atomic E-state index is -2.91. The summed E-state index contributed by atoms with van der Waals surface area (Å²) in [6.07, 6.45) is 0.439. The molecule has 1 aromatic rings. The second kappa shape index (κ2) is 8.13. The first-order valence-corrected chi connectivity index (χ1v) is 7.57. The monoisotopic (exact) mass is 329 g/mol. The van der Waals surface area contributed by atoms with E-state index in [4.69, 9.17) is 4.74 Å². The molecular weight excluding hydrogens is 304 g/mol. The fourth-order valence-electron chi connectivity index (χ4n) is 2.06. The van der Waals surface area contributed by atoms with Crippen molar-refractivity contribution >= 4 is 5.91 Å². The molecule has 0 heterocycles. The SMILES string of the molecule is CCOc1cc(CN(C)C(=O)CC(C)(C)C)ccc1OC(F)F. The molecule has 0 saturated heterocycles. The van der Waals surface area contributed by atoms with Gasteiger partial charge in [-0.3, -0.25) is 4.79 Å². The number of alkyl halides is 2. The van der Waals surface area contributed by atoms with Crippen LogP contribution in [-0.4, -0.2) is 31.1 Å². The molecule has 4 nitrogen and oxygen atoms in total. The van der Waals surface area contributed by atoms with Crippen molar-refractivity contribution < 1.29 is 23.0 Å². The summed E-state index contributed by atoms with van der Waals surface area (Å²) in [7, 11) is 1.72. The van der Waals surface area contributed by atoms with Gasteiger partial charge in [-0.1, -0.05) is 26.8 Å². The molecule has 0 aliphatic carbocycles. The Kier molecular flexibility index (Phi) is 6.79. The normalized spacial score (nSPS) is 11.5. The van der Waals surface area contributed by atoms with Gasteiger partial charge in [-0.15, -0.1) is 0 Å². The van der Waals surface area contributed by atoms with E-state index in [9.17, 15) is 13.6 Å². The van der Waals surface area contributed by atoms with Crippen LogP contribution in [0.4, 0.5) is 8.78 Å². The van der Waals surface area contributed by atoms with E-state index >= 15 is 0 Å². The zero-order chi connectivity index (χ0) is 17.6. The smallest absolute Gasteiger partial charge is 0.387 e. The maximum atomic E-state index is 12.4. The zero-order valence-corrected chi connectivity index (χ0v) is 14.4. The summed E-state index contributed by atoms with van der Waals surface area (Å²) >= 11 is 0. The molecule has 0 aliphatic heterocycles. The van der Waals surface area contributed by atoms with Crippen LogP contribution in [0.15, 0.2) is 18.2 Å². The molecule has 6 heteroatoms. The van der Waals surface area contributed by atoms with Crippen molar-refractivity contribution in [1.82, 2.24) is 4.90 Å². The molecule has 0 radical (unpaired) electrons. The number of hydrogen-bond acceptors (Lipinski definition) is 3. The van der Waals surface area contributed by atoms with Crippen LogP contribution in [0.1, 0.15) is 39.7 Å². The van der Waals surface area contributed by atoms with Crippen molar-refractivity contribution in [2.75, 3.05) is 13.7 Å². The van der Waals surface area contributed by atoms with Crippen molar-refractivity contribution in [2.24, 2.45) is 5.41 Å². The van der Waals surface area contributed by atoms with E-state index in [1.165, 1.54) is 6.07 Å². The summed E-state index contributed by atoms with van der Waals surface area (Å²) in [5.41, 5.74) is 0.705. The Bertz CT molecular complexity index is 527. The third kappa shape index (κ3) is 6.84. The molecule has 0 bridgehead atoms. The van der Waals surface area contributed by atoms with Crippen LogP contribution in [0.5, 0.6) is 11.5 Å². The summed E-state index contributed by atoms with van der Waals surface area (Å²) in [5, 5.41) is 0. The number of rotatable bonds is 7. The molecule has 23 heavy (non-hydrogen) atoms. The molecule has 130 valence electrons. The van der Waals surface area contributed by atoms with E-state index in [1.807, 2.05) is 20.8 Å². The van der Waals surface area contributed by atoms with E-state index in [0.29, 0.717) is 19.6 Å². The second-order valence-corrected chi connectivity index (χ2v) is 6.58. The number of halogens is 2. The summed E-state index contributed by atoms with van der Waals surface area (Å²) in [6.45, 7) is 5.58. The summed E-state index contributed by atoms with van der Waals surface area (Å²) in [4.78, 5) is 13.8. The van der Waals surface area contributed by atoms with Crippen molar-refractivity contribution in [3.05, 3.63) is 23.8 Å². The quantitative estimate of drug-likeness (QED) is 0.756.